The second-order valence-electron chi connectivity index (χ2n) is 5.53. The van der Waals surface area contributed by atoms with E-state index in [9.17, 15) is 4.79 Å². The number of carbonyl (C=O) groups is 1. The summed E-state index contributed by atoms with van der Waals surface area (Å²) in [4.78, 5) is 18.2. The van der Waals surface area contributed by atoms with E-state index in [1.807, 2.05) is 12.1 Å². The fourth-order valence-electron chi connectivity index (χ4n) is 2.47. The highest BCUT2D eigenvalue weighted by Crippen LogP contribution is 2.19. The highest BCUT2D eigenvalue weighted by atomic mass is 16.5. The maximum atomic E-state index is 11.6. The number of nitrogens with zero attached hydrogens (tertiary/aromatic N) is 2. The molecule has 122 valence electrons. The molecule has 0 unspecified atom stereocenters. The molecule has 0 bridgehead atoms. The van der Waals surface area contributed by atoms with E-state index in [0.29, 0.717) is 18.7 Å². The van der Waals surface area contributed by atoms with Crippen molar-refractivity contribution in [3.05, 3.63) is 18.3 Å². The molecule has 1 saturated heterocycles. The first-order valence-electron chi connectivity index (χ1n) is 7.60. The Morgan fingerprint density at radius 1 is 1.41 bits per heavy atom. The number of rotatable bonds is 5. The Kier molecular flexibility index (Phi) is 5.97. The molecule has 2 atom stereocenters. The number of aliphatic hydroxyl groups excluding tert-OH is 1. The molecule has 1 fully saturated rings. The number of ether oxygens (including phenoxy) is 1. The van der Waals surface area contributed by atoms with Gasteiger partial charge >= 0.3 is 6.03 Å². The largest absolute Gasteiger partial charge is 0.396 e. The van der Waals surface area contributed by atoms with Crippen molar-refractivity contribution in [2.45, 2.75) is 32.5 Å². The van der Waals surface area contributed by atoms with Gasteiger partial charge in [-0.1, -0.05) is 0 Å². The Balaban J connectivity index is 1.88. The third-order valence-electron chi connectivity index (χ3n) is 3.37. The minimum absolute atomic E-state index is 0.0624. The molecule has 0 radical (unpaired) electrons. The van der Waals surface area contributed by atoms with E-state index in [1.165, 1.54) is 0 Å². The Morgan fingerprint density at radius 2 is 2.14 bits per heavy atom. The first-order valence-corrected chi connectivity index (χ1v) is 7.60. The average molecular weight is 308 g/mol. The summed E-state index contributed by atoms with van der Waals surface area (Å²) in [7, 11) is 0. The van der Waals surface area contributed by atoms with E-state index in [1.54, 1.807) is 6.20 Å². The van der Waals surface area contributed by atoms with E-state index in [4.69, 9.17) is 9.84 Å². The number of aromatic nitrogens is 1. The van der Waals surface area contributed by atoms with E-state index in [0.717, 1.165) is 18.9 Å². The molecule has 2 heterocycles. The van der Waals surface area contributed by atoms with Gasteiger partial charge in [0.2, 0.25) is 0 Å². The molecule has 7 heteroatoms. The second-order valence-corrected chi connectivity index (χ2v) is 5.53. The van der Waals surface area contributed by atoms with Crippen LogP contribution in [-0.4, -0.2) is 54.6 Å². The van der Waals surface area contributed by atoms with Crippen LogP contribution in [0.2, 0.25) is 0 Å². The number of amides is 2. The Hall–Kier alpha value is -1.86. The fourth-order valence-corrected chi connectivity index (χ4v) is 2.47. The smallest absolute Gasteiger partial charge is 0.319 e. The fraction of sp³-hybridized carbons (Fsp3) is 0.600. The van der Waals surface area contributed by atoms with E-state index < -0.39 is 0 Å². The van der Waals surface area contributed by atoms with Gasteiger partial charge in [-0.05, 0) is 32.4 Å². The van der Waals surface area contributed by atoms with Crippen molar-refractivity contribution in [3.8, 4) is 0 Å². The zero-order chi connectivity index (χ0) is 15.9. The summed E-state index contributed by atoms with van der Waals surface area (Å²) in [5.41, 5.74) is 0.639. The monoisotopic (exact) mass is 308 g/mol. The molecule has 0 spiro atoms. The van der Waals surface area contributed by atoms with Crippen LogP contribution in [0.4, 0.5) is 16.3 Å². The molecule has 0 saturated carbocycles. The molecular weight excluding hydrogens is 284 g/mol. The number of pyridine rings is 1. The van der Waals surface area contributed by atoms with E-state index >= 15 is 0 Å². The third kappa shape index (κ3) is 4.85. The van der Waals surface area contributed by atoms with Crippen molar-refractivity contribution >= 4 is 17.5 Å². The maximum Gasteiger partial charge on any atom is 0.319 e. The van der Waals surface area contributed by atoms with Crippen LogP contribution >= 0.6 is 0 Å². The summed E-state index contributed by atoms with van der Waals surface area (Å²) in [6, 6.07) is 3.43. The molecular formula is C15H24N4O3. The van der Waals surface area contributed by atoms with Gasteiger partial charge in [0.05, 0.1) is 24.1 Å². The van der Waals surface area contributed by atoms with Crippen LogP contribution in [-0.2, 0) is 4.74 Å². The number of anilines is 2. The van der Waals surface area contributed by atoms with Gasteiger partial charge in [0, 0.05) is 26.2 Å². The summed E-state index contributed by atoms with van der Waals surface area (Å²) in [5, 5.41) is 14.0. The number of urea groups is 1. The lowest BCUT2D eigenvalue weighted by Gasteiger charge is -2.36. The lowest BCUT2D eigenvalue weighted by molar-refractivity contribution is -0.00545. The topological polar surface area (TPSA) is 86.7 Å². The van der Waals surface area contributed by atoms with Crippen molar-refractivity contribution in [2.75, 3.05) is 36.5 Å². The Labute approximate surface area is 130 Å². The molecule has 22 heavy (non-hydrogen) atoms. The number of hydrogen-bond donors (Lipinski definition) is 3. The molecule has 2 amide bonds. The standard InChI is InChI=1S/C15H24N4O3/c1-11-9-19(10-12(2)22-11)14-5-4-13(8-17-14)18-15(21)16-6-3-7-20/h4-5,8,11-12,20H,3,6-7,9-10H2,1-2H3,(H2,16,18,21)/t11-,12+. The second kappa shape index (κ2) is 7.95. The summed E-state index contributed by atoms with van der Waals surface area (Å²) >= 11 is 0. The number of carbonyl (C=O) groups excluding carboxylic acids is 1. The summed E-state index contributed by atoms with van der Waals surface area (Å²) in [6.07, 6.45) is 2.55. The predicted molar refractivity (Wildman–Crippen MR) is 85.2 cm³/mol. The SMILES string of the molecule is C[C@@H]1CN(c2ccc(NC(=O)NCCCO)cn2)C[C@H](C)O1. The van der Waals surface area contributed by atoms with E-state index in [2.05, 4.69) is 34.4 Å². The molecule has 3 N–H and O–H groups in total. The van der Waals surface area contributed by atoms with E-state index in [-0.39, 0.29) is 24.8 Å². The zero-order valence-corrected chi connectivity index (χ0v) is 13.1. The van der Waals surface area contributed by atoms with Crippen LogP contribution in [0.5, 0.6) is 0 Å². The van der Waals surface area contributed by atoms with Crippen LogP contribution in [0.15, 0.2) is 18.3 Å². The van der Waals surface area contributed by atoms with Crippen LogP contribution in [0.25, 0.3) is 0 Å². The molecule has 1 aromatic rings. The van der Waals surface area contributed by atoms with Crippen molar-refractivity contribution in [2.24, 2.45) is 0 Å². The van der Waals surface area contributed by atoms with Crippen molar-refractivity contribution in [3.63, 3.8) is 0 Å². The third-order valence-corrected chi connectivity index (χ3v) is 3.37. The van der Waals surface area contributed by atoms with Crippen LogP contribution in [0.1, 0.15) is 20.3 Å². The first-order chi connectivity index (χ1) is 10.6. The number of nitrogens with one attached hydrogen (secondary N) is 2. The maximum absolute atomic E-state index is 11.6. The molecule has 0 aromatic carbocycles. The summed E-state index contributed by atoms with van der Waals surface area (Å²) in [5.74, 6) is 0.883. The molecule has 1 aromatic heterocycles. The number of morpholine rings is 1. The first kappa shape index (κ1) is 16.5. The molecule has 2 rings (SSSR count). The molecule has 0 aliphatic carbocycles. The Bertz CT molecular complexity index is 470. The van der Waals surface area contributed by atoms with Gasteiger partial charge in [0.1, 0.15) is 5.82 Å². The lowest BCUT2D eigenvalue weighted by atomic mass is 10.2. The van der Waals surface area contributed by atoms with Gasteiger partial charge in [0.15, 0.2) is 0 Å². The van der Waals surface area contributed by atoms with Gasteiger partial charge in [-0.25, -0.2) is 9.78 Å². The van der Waals surface area contributed by atoms with Gasteiger partial charge in [-0.2, -0.15) is 0 Å². The average Bonchev–Trinajstić information content (AvgIpc) is 2.47. The van der Waals surface area contributed by atoms with Crippen molar-refractivity contribution in [1.82, 2.24) is 10.3 Å². The molecule has 7 nitrogen and oxygen atoms in total. The summed E-state index contributed by atoms with van der Waals surface area (Å²) in [6.45, 7) is 6.23. The van der Waals surface area contributed by atoms with Gasteiger partial charge in [0.25, 0.3) is 0 Å². The quantitative estimate of drug-likeness (QED) is 0.712. The number of aliphatic hydroxyl groups is 1. The molecule has 1 aliphatic heterocycles. The zero-order valence-electron chi connectivity index (χ0n) is 13.1. The van der Waals surface area contributed by atoms with Crippen molar-refractivity contribution in [1.29, 1.82) is 0 Å². The number of hydrogen-bond acceptors (Lipinski definition) is 5. The van der Waals surface area contributed by atoms with Crippen LogP contribution < -0.4 is 15.5 Å². The van der Waals surface area contributed by atoms with Crippen LogP contribution in [0.3, 0.4) is 0 Å². The predicted octanol–water partition coefficient (Wildman–Crippen LogP) is 1.20. The Morgan fingerprint density at radius 3 is 2.73 bits per heavy atom. The lowest BCUT2D eigenvalue weighted by Crippen LogP contribution is -2.45. The highest BCUT2D eigenvalue weighted by molar-refractivity contribution is 5.89. The van der Waals surface area contributed by atoms with Crippen LogP contribution in [0, 0.1) is 0 Å². The summed E-state index contributed by atoms with van der Waals surface area (Å²) < 4.78 is 5.71. The van der Waals surface area contributed by atoms with Crippen molar-refractivity contribution < 1.29 is 14.6 Å². The van der Waals surface area contributed by atoms with Gasteiger partial charge < -0.3 is 25.4 Å². The normalized spacial score (nSPS) is 21.5. The minimum atomic E-state index is -0.295. The highest BCUT2D eigenvalue weighted by Gasteiger charge is 2.22. The van der Waals surface area contributed by atoms with Gasteiger partial charge in [-0.3, -0.25) is 0 Å². The van der Waals surface area contributed by atoms with Gasteiger partial charge in [-0.15, -0.1) is 0 Å². The molecule has 1 aliphatic rings. The minimum Gasteiger partial charge on any atom is -0.396 e.